The number of hydrogen-bond donors (Lipinski definition) is 0. The predicted octanol–water partition coefficient (Wildman–Crippen LogP) is 3.17. The van der Waals surface area contributed by atoms with E-state index in [-0.39, 0.29) is 0 Å². The van der Waals surface area contributed by atoms with E-state index in [2.05, 4.69) is 24.3 Å². The summed E-state index contributed by atoms with van der Waals surface area (Å²) in [4.78, 5) is 0. The highest BCUT2D eigenvalue weighted by molar-refractivity contribution is 5.14. The van der Waals surface area contributed by atoms with Crippen molar-refractivity contribution in [3.8, 4) is 0 Å². The fraction of sp³-hybridized carbons (Fsp3) is 0.333. The summed E-state index contributed by atoms with van der Waals surface area (Å²) in [5.74, 6) is 0. The molecule has 1 aromatic carbocycles. The van der Waals surface area contributed by atoms with Crippen molar-refractivity contribution in [1.29, 1.82) is 0 Å². The first-order valence-corrected chi connectivity index (χ1v) is 4.70. The molecule has 1 heteroatoms. The SMILES string of the molecule is C/C=C\OCCCc1ccccc1. The molecule has 0 unspecified atom stereocenters. The Hall–Kier alpha value is -1.24. The zero-order valence-corrected chi connectivity index (χ0v) is 8.07. The van der Waals surface area contributed by atoms with Crippen LogP contribution in [0, 0.1) is 0 Å². The molecule has 70 valence electrons. The largest absolute Gasteiger partial charge is 0.502 e. The second-order valence-corrected chi connectivity index (χ2v) is 2.93. The molecular weight excluding hydrogens is 160 g/mol. The summed E-state index contributed by atoms with van der Waals surface area (Å²) in [6, 6.07) is 10.5. The van der Waals surface area contributed by atoms with E-state index in [1.165, 1.54) is 5.56 Å². The number of aryl methyl sites for hydroxylation is 1. The number of hydrogen-bond acceptors (Lipinski definition) is 1. The highest BCUT2D eigenvalue weighted by Gasteiger charge is 1.90. The van der Waals surface area contributed by atoms with E-state index < -0.39 is 0 Å². The van der Waals surface area contributed by atoms with Gasteiger partial charge in [-0.15, -0.1) is 0 Å². The quantitative estimate of drug-likeness (QED) is 0.494. The Labute approximate surface area is 80.0 Å². The molecule has 0 aromatic heterocycles. The summed E-state index contributed by atoms with van der Waals surface area (Å²) in [6.07, 6.45) is 5.82. The van der Waals surface area contributed by atoms with Crippen molar-refractivity contribution >= 4 is 0 Å². The fourth-order valence-corrected chi connectivity index (χ4v) is 1.17. The first-order chi connectivity index (χ1) is 6.43. The molecule has 0 radical (unpaired) electrons. The van der Waals surface area contributed by atoms with Crippen LogP contribution in [0.25, 0.3) is 0 Å². The van der Waals surface area contributed by atoms with E-state index in [1.807, 2.05) is 19.1 Å². The normalized spacial score (nSPS) is 10.5. The third-order valence-corrected chi connectivity index (χ3v) is 1.80. The van der Waals surface area contributed by atoms with Crippen LogP contribution >= 0.6 is 0 Å². The Kier molecular flexibility index (Phi) is 4.77. The minimum Gasteiger partial charge on any atom is -0.502 e. The maximum Gasteiger partial charge on any atom is 0.0876 e. The van der Waals surface area contributed by atoms with E-state index in [1.54, 1.807) is 6.26 Å². The maximum absolute atomic E-state index is 5.22. The molecule has 0 bridgehead atoms. The molecule has 1 nitrogen and oxygen atoms in total. The lowest BCUT2D eigenvalue weighted by Gasteiger charge is -2.00. The van der Waals surface area contributed by atoms with Crippen LogP contribution in [-0.4, -0.2) is 6.61 Å². The summed E-state index contributed by atoms with van der Waals surface area (Å²) in [7, 11) is 0. The van der Waals surface area contributed by atoms with Gasteiger partial charge in [-0.3, -0.25) is 0 Å². The highest BCUT2D eigenvalue weighted by Crippen LogP contribution is 2.02. The lowest BCUT2D eigenvalue weighted by Crippen LogP contribution is -1.91. The van der Waals surface area contributed by atoms with Gasteiger partial charge in [0, 0.05) is 0 Å². The standard InChI is InChI=1S/C12H16O/c1-2-10-13-11-6-9-12-7-4-3-5-8-12/h2-5,7-8,10H,6,9,11H2,1H3/b10-2-. The highest BCUT2D eigenvalue weighted by atomic mass is 16.5. The Balaban J connectivity index is 2.13. The van der Waals surface area contributed by atoms with Gasteiger partial charge in [0.15, 0.2) is 0 Å². The van der Waals surface area contributed by atoms with Gasteiger partial charge in [0.05, 0.1) is 12.9 Å². The molecule has 0 aliphatic heterocycles. The summed E-state index contributed by atoms with van der Waals surface area (Å²) >= 11 is 0. The van der Waals surface area contributed by atoms with Gasteiger partial charge in [-0.05, 0) is 25.3 Å². The maximum atomic E-state index is 5.22. The Morgan fingerprint density at radius 3 is 2.69 bits per heavy atom. The first-order valence-electron chi connectivity index (χ1n) is 4.70. The minimum absolute atomic E-state index is 0.805. The van der Waals surface area contributed by atoms with Gasteiger partial charge in [-0.25, -0.2) is 0 Å². The number of benzene rings is 1. The van der Waals surface area contributed by atoms with Crippen molar-refractivity contribution in [1.82, 2.24) is 0 Å². The van der Waals surface area contributed by atoms with Gasteiger partial charge in [0.1, 0.15) is 0 Å². The van der Waals surface area contributed by atoms with E-state index in [9.17, 15) is 0 Å². The van der Waals surface area contributed by atoms with Gasteiger partial charge in [0.2, 0.25) is 0 Å². The van der Waals surface area contributed by atoms with E-state index in [0.29, 0.717) is 0 Å². The van der Waals surface area contributed by atoms with Gasteiger partial charge in [-0.1, -0.05) is 36.4 Å². The van der Waals surface area contributed by atoms with Crippen LogP contribution in [0.3, 0.4) is 0 Å². The topological polar surface area (TPSA) is 9.23 Å². The second-order valence-electron chi connectivity index (χ2n) is 2.93. The van der Waals surface area contributed by atoms with Crippen molar-refractivity contribution in [3.05, 3.63) is 48.2 Å². The molecule has 0 aliphatic carbocycles. The lowest BCUT2D eigenvalue weighted by molar-refractivity contribution is 0.244. The van der Waals surface area contributed by atoms with Crippen LogP contribution in [0.1, 0.15) is 18.9 Å². The van der Waals surface area contributed by atoms with Gasteiger partial charge >= 0.3 is 0 Å². The zero-order chi connectivity index (χ0) is 9.36. The Bertz CT molecular complexity index is 239. The monoisotopic (exact) mass is 176 g/mol. The van der Waals surface area contributed by atoms with Crippen LogP contribution < -0.4 is 0 Å². The van der Waals surface area contributed by atoms with Crippen LogP contribution in [0.2, 0.25) is 0 Å². The molecule has 0 saturated carbocycles. The molecule has 1 rings (SSSR count). The van der Waals surface area contributed by atoms with Crippen molar-refractivity contribution in [2.75, 3.05) is 6.61 Å². The van der Waals surface area contributed by atoms with E-state index >= 15 is 0 Å². The summed E-state index contributed by atoms with van der Waals surface area (Å²) in [5.41, 5.74) is 1.38. The molecule has 0 spiro atoms. The Morgan fingerprint density at radius 1 is 1.23 bits per heavy atom. The van der Waals surface area contributed by atoms with Crippen LogP contribution in [-0.2, 0) is 11.2 Å². The zero-order valence-electron chi connectivity index (χ0n) is 8.07. The van der Waals surface area contributed by atoms with Gasteiger partial charge in [-0.2, -0.15) is 0 Å². The smallest absolute Gasteiger partial charge is 0.0876 e. The molecule has 0 aliphatic rings. The van der Waals surface area contributed by atoms with E-state index in [0.717, 1.165) is 19.4 Å². The molecular formula is C12H16O. The molecule has 1 aromatic rings. The van der Waals surface area contributed by atoms with Crippen molar-refractivity contribution in [2.24, 2.45) is 0 Å². The Morgan fingerprint density at radius 2 is 2.00 bits per heavy atom. The predicted molar refractivity (Wildman–Crippen MR) is 55.5 cm³/mol. The van der Waals surface area contributed by atoms with Crippen LogP contribution in [0.4, 0.5) is 0 Å². The van der Waals surface area contributed by atoms with Crippen LogP contribution in [0.5, 0.6) is 0 Å². The van der Waals surface area contributed by atoms with E-state index in [4.69, 9.17) is 4.74 Å². The number of allylic oxidation sites excluding steroid dienone is 1. The van der Waals surface area contributed by atoms with Crippen molar-refractivity contribution < 1.29 is 4.74 Å². The first kappa shape index (κ1) is 9.85. The fourth-order valence-electron chi connectivity index (χ4n) is 1.17. The summed E-state index contributed by atoms with van der Waals surface area (Å²) in [5, 5.41) is 0. The third-order valence-electron chi connectivity index (χ3n) is 1.80. The molecule has 13 heavy (non-hydrogen) atoms. The molecule has 0 amide bonds. The molecule has 0 fully saturated rings. The third kappa shape index (κ3) is 4.36. The van der Waals surface area contributed by atoms with Crippen molar-refractivity contribution in [3.63, 3.8) is 0 Å². The minimum atomic E-state index is 0.805. The number of rotatable bonds is 5. The summed E-state index contributed by atoms with van der Waals surface area (Å²) < 4.78 is 5.22. The van der Waals surface area contributed by atoms with Crippen LogP contribution in [0.15, 0.2) is 42.7 Å². The molecule has 0 N–H and O–H groups in total. The molecule has 0 heterocycles. The average molecular weight is 176 g/mol. The molecule has 0 atom stereocenters. The molecule has 0 saturated heterocycles. The number of ether oxygens (including phenoxy) is 1. The lowest BCUT2D eigenvalue weighted by atomic mass is 10.1. The summed E-state index contributed by atoms with van der Waals surface area (Å²) in [6.45, 7) is 2.76. The van der Waals surface area contributed by atoms with Crippen molar-refractivity contribution in [2.45, 2.75) is 19.8 Å². The average Bonchev–Trinajstić information content (AvgIpc) is 2.19. The second kappa shape index (κ2) is 6.30. The van der Waals surface area contributed by atoms with Gasteiger partial charge in [0.25, 0.3) is 0 Å². The van der Waals surface area contributed by atoms with Gasteiger partial charge < -0.3 is 4.74 Å².